The van der Waals surface area contributed by atoms with Crippen LogP contribution in [0.4, 0.5) is 0 Å². The first-order valence-corrected chi connectivity index (χ1v) is 8.00. The summed E-state index contributed by atoms with van der Waals surface area (Å²) in [6.45, 7) is 0. The average Bonchev–Trinajstić information content (AvgIpc) is 3.09. The molecule has 0 N–H and O–H groups in total. The fraction of sp³-hybridized carbons (Fsp3) is 0. The number of halogens is 1. The lowest BCUT2D eigenvalue weighted by atomic mass is 10.0. The zero-order valence-electron chi connectivity index (χ0n) is 12.8. The molecule has 4 rings (SSSR count). The van der Waals surface area contributed by atoms with Crippen LogP contribution >= 0.6 is 11.6 Å². The van der Waals surface area contributed by atoms with Gasteiger partial charge in [0.25, 0.3) is 0 Å². The molecule has 4 heteroatoms. The third-order valence-corrected chi connectivity index (χ3v) is 4.13. The van der Waals surface area contributed by atoms with Crippen LogP contribution in [-0.4, -0.2) is 14.8 Å². The Hall–Kier alpha value is -2.91. The molecule has 24 heavy (non-hydrogen) atoms. The van der Waals surface area contributed by atoms with Crippen molar-refractivity contribution in [3.05, 3.63) is 90.3 Å². The van der Waals surface area contributed by atoms with Crippen LogP contribution < -0.4 is 0 Å². The topological polar surface area (TPSA) is 30.7 Å². The highest BCUT2D eigenvalue weighted by atomic mass is 35.5. The average molecular weight is 332 g/mol. The molecule has 0 fully saturated rings. The van der Waals surface area contributed by atoms with Gasteiger partial charge in [0.1, 0.15) is 0 Å². The van der Waals surface area contributed by atoms with Crippen LogP contribution in [0.25, 0.3) is 28.1 Å². The number of benzene rings is 2. The van der Waals surface area contributed by atoms with E-state index in [-0.39, 0.29) is 0 Å². The maximum atomic E-state index is 6.06. The lowest BCUT2D eigenvalue weighted by Gasteiger charge is -2.10. The molecule has 0 spiro atoms. The zero-order chi connectivity index (χ0) is 16.4. The van der Waals surface area contributed by atoms with Gasteiger partial charge in [-0.1, -0.05) is 41.9 Å². The summed E-state index contributed by atoms with van der Waals surface area (Å²) in [5, 5.41) is 5.34. The Morgan fingerprint density at radius 1 is 0.750 bits per heavy atom. The van der Waals surface area contributed by atoms with Gasteiger partial charge in [0.05, 0.1) is 17.6 Å². The van der Waals surface area contributed by atoms with Crippen molar-refractivity contribution in [3.63, 3.8) is 0 Å². The minimum atomic E-state index is 0.718. The minimum Gasteiger partial charge on any atom is -0.265 e. The quantitative estimate of drug-likeness (QED) is 0.513. The molecule has 3 nitrogen and oxygen atoms in total. The van der Waals surface area contributed by atoms with E-state index in [1.807, 2.05) is 77.6 Å². The van der Waals surface area contributed by atoms with Gasteiger partial charge in [-0.2, -0.15) is 5.10 Å². The maximum absolute atomic E-state index is 6.06. The Labute approximate surface area is 145 Å². The Kier molecular flexibility index (Phi) is 3.85. The van der Waals surface area contributed by atoms with Crippen LogP contribution in [0.15, 0.2) is 85.3 Å². The largest absolute Gasteiger partial charge is 0.265 e. The van der Waals surface area contributed by atoms with Crippen LogP contribution in [0.1, 0.15) is 0 Å². The number of pyridine rings is 1. The second-order valence-electron chi connectivity index (χ2n) is 5.40. The summed E-state index contributed by atoms with van der Waals surface area (Å²) in [5.74, 6) is 0. The summed E-state index contributed by atoms with van der Waals surface area (Å²) in [4.78, 5) is 4.11. The number of para-hydroxylation sites is 1. The van der Waals surface area contributed by atoms with Gasteiger partial charge in [0.2, 0.25) is 0 Å². The van der Waals surface area contributed by atoms with Crippen LogP contribution in [0, 0.1) is 0 Å². The van der Waals surface area contributed by atoms with E-state index in [9.17, 15) is 0 Å². The molecule has 4 aromatic rings. The van der Waals surface area contributed by atoms with E-state index in [1.165, 1.54) is 0 Å². The molecule has 0 radical (unpaired) electrons. The first kappa shape index (κ1) is 14.7. The molecule has 0 aliphatic heterocycles. The van der Waals surface area contributed by atoms with Gasteiger partial charge in [-0.05, 0) is 42.0 Å². The molecule has 0 saturated heterocycles. The van der Waals surface area contributed by atoms with Gasteiger partial charge >= 0.3 is 0 Å². The third kappa shape index (κ3) is 2.70. The molecule has 2 aromatic heterocycles. The minimum absolute atomic E-state index is 0.718. The fourth-order valence-corrected chi connectivity index (χ4v) is 2.87. The second kappa shape index (κ2) is 6.30. The summed E-state index contributed by atoms with van der Waals surface area (Å²) in [5.41, 5.74) is 5.25. The predicted octanol–water partition coefficient (Wildman–Crippen LogP) is 5.25. The SMILES string of the molecule is Clc1ccc(-c2c(-c3ccncc3)cnn2-c2ccccc2)cc1. The molecule has 0 atom stereocenters. The third-order valence-electron chi connectivity index (χ3n) is 3.88. The Bertz CT molecular complexity index is 888. The molecule has 0 saturated carbocycles. The standard InChI is InChI=1S/C20H14ClN3/c21-17-8-6-16(7-9-17)20-19(15-10-12-22-13-11-15)14-23-24(20)18-4-2-1-3-5-18/h1-14H. The Morgan fingerprint density at radius 2 is 1.46 bits per heavy atom. The first-order chi connectivity index (χ1) is 11.8. The number of hydrogen-bond donors (Lipinski definition) is 0. The smallest absolute Gasteiger partial charge is 0.0819 e. The van der Waals surface area contributed by atoms with Crippen LogP contribution in [0.5, 0.6) is 0 Å². The molecular formula is C20H14ClN3. The molecular weight excluding hydrogens is 318 g/mol. The highest BCUT2D eigenvalue weighted by molar-refractivity contribution is 6.30. The summed E-state index contributed by atoms with van der Waals surface area (Å²) >= 11 is 6.06. The van der Waals surface area contributed by atoms with E-state index < -0.39 is 0 Å². The number of nitrogens with zero attached hydrogens (tertiary/aromatic N) is 3. The lowest BCUT2D eigenvalue weighted by molar-refractivity contribution is 0.888. The second-order valence-corrected chi connectivity index (χ2v) is 5.83. The van der Waals surface area contributed by atoms with Gasteiger partial charge in [0, 0.05) is 28.5 Å². The van der Waals surface area contributed by atoms with E-state index in [0.29, 0.717) is 0 Å². The molecule has 0 aliphatic rings. The van der Waals surface area contributed by atoms with E-state index in [1.54, 1.807) is 12.4 Å². The molecule has 0 unspecified atom stereocenters. The lowest BCUT2D eigenvalue weighted by Crippen LogP contribution is -1.99. The normalized spacial score (nSPS) is 10.7. The molecule has 2 aromatic carbocycles. The molecule has 0 aliphatic carbocycles. The molecule has 0 amide bonds. The summed E-state index contributed by atoms with van der Waals surface area (Å²) in [7, 11) is 0. The predicted molar refractivity (Wildman–Crippen MR) is 97.2 cm³/mol. The first-order valence-electron chi connectivity index (χ1n) is 7.63. The van der Waals surface area contributed by atoms with Crippen molar-refractivity contribution in [2.24, 2.45) is 0 Å². The highest BCUT2D eigenvalue weighted by Gasteiger charge is 2.15. The summed E-state index contributed by atoms with van der Waals surface area (Å²) < 4.78 is 1.96. The van der Waals surface area contributed by atoms with Gasteiger partial charge in [0.15, 0.2) is 0 Å². The maximum Gasteiger partial charge on any atom is 0.0819 e. The number of rotatable bonds is 3. The van der Waals surface area contributed by atoms with Gasteiger partial charge in [-0.25, -0.2) is 4.68 Å². The molecule has 116 valence electrons. The molecule has 2 heterocycles. The van der Waals surface area contributed by atoms with Crippen molar-refractivity contribution in [2.75, 3.05) is 0 Å². The Balaban J connectivity index is 1.96. The van der Waals surface area contributed by atoms with E-state index in [4.69, 9.17) is 11.6 Å². The van der Waals surface area contributed by atoms with Crippen molar-refractivity contribution in [1.29, 1.82) is 0 Å². The van der Waals surface area contributed by atoms with Crippen molar-refractivity contribution < 1.29 is 0 Å². The van der Waals surface area contributed by atoms with Gasteiger partial charge in [-0.15, -0.1) is 0 Å². The number of hydrogen-bond acceptors (Lipinski definition) is 2. The summed E-state index contributed by atoms with van der Waals surface area (Å²) in [6.07, 6.45) is 5.48. The van der Waals surface area contributed by atoms with E-state index in [2.05, 4.69) is 10.1 Å². The van der Waals surface area contributed by atoms with Crippen molar-refractivity contribution in [1.82, 2.24) is 14.8 Å². The Morgan fingerprint density at radius 3 is 2.17 bits per heavy atom. The van der Waals surface area contributed by atoms with Gasteiger partial charge in [-0.3, -0.25) is 4.98 Å². The fourth-order valence-electron chi connectivity index (χ4n) is 2.74. The molecule has 0 bridgehead atoms. The highest BCUT2D eigenvalue weighted by Crippen LogP contribution is 2.34. The van der Waals surface area contributed by atoms with Crippen molar-refractivity contribution in [3.8, 4) is 28.1 Å². The van der Waals surface area contributed by atoms with Gasteiger partial charge < -0.3 is 0 Å². The van der Waals surface area contributed by atoms with Crippen LogP contribution in [-0.2, 0) is 0 Å². The van der Waals surface area contributed by atoms with E-state index >= 15 is 0 Å². The van der Waals surface area contributed by atoms with Crippen molar-refractivity contribution >= 4 is 11.6 Å². The van der Waals surface area contributed by atoms with Crippen LogP contribution in [0.3, 0.4) is 0 Å². The number of aromatic nitrogens is 3. The monoisotopic (exact) mass is 331 g/mol. The zero-order valence-corrected chi connectivity index (χ0v) is 13.6. The summed E-state index contributed by atoms with van der Waals surface area (Å²) in [6, 6.07) is 21.9. The van der Waals surface area contributed by atoms with E-state index in [0.717, 1.165) is 33.1 Å². The van der Waals surface area contributed by atoms with Crippen LogP contribution in [0.2, 0.25) is 5.02 Å². The van der Waals surface area contributed by atoms with Crippen molar-refractivity contribution in [2.45, 2.75) is 0 Å².